The minimum atomic E-state index is -0.972. The van der Waals surface area contributed by atoms with Gasteiger partial charge >= 0.3 is 5.97 Å². The SMILES string of the molecule is Cc1nc(CSC(C)(C)C(N)C(=O)O)n(C)c1C. The van der Waals surface area contributed by atoms with Gasteiger partial charge in [-0.15, -0.1) is 11.8 Å². The number of nitrogens with zero attached hydrogens (tertiary/aromatic N) is 2. The van der Waals surface area contributed by atoms with Crippen LogP contribution in [0.1, 0.15) is 31.1 Å². The van der Waals surface area contributed by atoms with Crippen LogP contribution in [0.3, 0.4) is 0 Å². The van der Waals surface area contributed by atoms with Gasteiger partial charge in [-0.1, -0.05) is 0 Å². The molecule has 1 aromatic heterocycles. The molecule has 6 heteroatoms. The van der Waals surface area contributed by atoms with Gasteiger partial charge in [0.05, 0.1) is 11.4 Å². The van der Waals surface area contributed by atoms with E-state index in [1.165, 1.54) is 11.8 Å². The van der Waals surface area contributed by atoms with Crippen LogP contribution in [0, 0.1) is 13.8 Å². The summed E-state index contributed by atoms with van der Waals surface area (Å²) < 4.78 is 1.50. The van der Waals surface area contributed by atoms with Crippen molar-refractivity contribution in [1.82, 2.24) is 9.55 Å². The number of carboxylic acid groups (broad SMARTS) is 1. The van der Waals surface area contributed by atoms with Gasteiger partial charge in [-0.25, -0.2) is 4.98 Å². The van der Waals surface area contributed by atoms with E-state index in [9.17, 15) is 4.79 Å². The summed E-state index contributed by atoms with van der Waals surface area (Å²) in [6.45, 7) is 7.68. The van der Waals surface area contributed by atoms with Crippen LogP contribution in [-0.4, -0.2) is 31.4 Å². The molecule has 0 spiro atoms. The number of imidazole rings is 1. The molecule has 1 rings (SSSR count). The van der Waals surface area contributed by atoms with Gasteiger partial charge in [0.25, 0.3) is 0 Å². The zero-order chi connectivity index (χ0) is 14.1. The Hall–Kier alpha value is -1.01. The highest BCUT2D eigenvalue weighted by Gasteiger charge is 2.32. The highest BCUT2D eigenvalue weighted by atomic mass is 32.2. The topological polar surface area (TPSA) is 81.1 Å². The van der Waals surface area contributed by atoms with E-state index in [0.717, 1.165) is 17.2 Å². The third-order valence-corrected chi connectivity index (χ3v) is 4.70. The second-order valence-corrected chi connectivity index (χ2v) is 6.60. The quantitative estimate of drug-likeness (QED) is 0.847. The van der Waals surface area contributed by atoms with E-state index in [4.69, 9.17) is 10.8 Å². The predicted octanol–water partition coefficient (Wildman–Crippen LogP) is 1.46. The Morgan fingerprint density at radius 1 is 1.56 bits per heavy atom. The third kappa shape index (κ3) is 3.05. The monoisotopic (exact) mass is 271 g/mol. The summed E-state index contributed by atoms with van der Waals surface area (Å²) in [6.07, 6.45) is 0. The van der Waals surface area contributed by atoms with Crippen molar-refractivity contribution in [2.45, 2.75) is 44.2 Å². The van der Waals surface area contributed by atoms with Gasteiger partial charge in [0, 0.05) is 17.5 Å². The van der Waals surface area contributed by atoms with Crippen LogP contribution in [0.2, 0.25) is 0 Å². The first kappa shape index (κ1) is 15.0. The van der Waals surface area contributed by atoms with Crippen molar-refractivity contribution in [3.63, 3.8) is 0 Å². The van der Waals surface area contributed by atoms with E-state index in [2.05, 4.69) is 4.98 Å². The van der Waals surface area contributed by atoms with Crippen LogP contribution in [0.5, 0.6) is 0 Å². The number of hydrogen-bond acceptors (Lipinski definition) is 4. The molecule has 0 saturated carbocycles. The van der Waals surface area contributed by atoms with Crippen molar-refractivity contribution >= 4 is 17.7 Å². The third-order valence-electron chi connectivity index (χ3n) is 3.30. The van der Waals surface area contributed by atoms with E-state index >= 15 is 0 Å². The van der Waals surface area contributed by atoms with E-state index < -0.39 is 16.8 Å². The van der Waals surface area contributed by atoms with Crippen molar-refractivity contribution < 1.29 is 9.90 Å². The highest BCUT2D eigenvalue weighted by Crippen LogP contribution is 2.30. The number of thioether (sulfide) groups is 1. The number of hydrogen-bond donors (Lipinski definition) is 2. The van der Waals surface area contributed by atoms with E-state index in [1.54, 1.807) is 0 Å². The molecule has 3 N–H and O–H groups in total. The number of aryl methyl sites for hydroxylation is 1. The van der Waals surface area contributed by atoms with Crippen molar-refractivity contribution in [2.75, 3.05) is 0 Å². The van der Waals surface area contributed by atoms with Crippen molar-refractivity contribution in [3.8, 4) is 0 Å². The summed E-state index contributed by atoms with van der Waals surface area (Å²) in [5.41, 5.74) is 7.82. The summed E-state index contributed by atoms with van der Waals surface area (Å²) in [7, 11) is 1.97. The first-order chi connectivity index (χ1) is 8.16. The van der Waals surface area contributed by atoms with Crippen LogP contribution in [0.4, 0.5) is 0 Å². The molecule has 1 heterocycles. The normalized spacial score (nSPS) is 13.7. The lowest BCUT2D eigenvalue weighted by molar-refractivity contribution is -0.139. The molecule has 1 aromatic rings. The van der Waals surface area contributed by atoms with Crippen molar-refractivity contribution in [3.05, 3.63) is 17.2 Å². The van der Waals surface area contributed by atoms with Crippen LogP contribution >= 0.6 is 11.8 Å². The van der Waals surface area contributed by atoms with Gasteiger partial charge < -0.3 is 15.4 Å². The molecule has 5 nitrogen and oxygen atoms in total. The molecule has 0 aliphatic rings. The van der Waals surface area contributed by atoms with Gasteiger partial charge in [0.15, 0.2) is 0 Å². The molecule has 1 unspecified atom stereocenters. The molecule has 0 amide bonds. The molecular formula is C12H21N3O2S. The number of carbonyl (C=O) groups is 1. The Bertz CT molecular complexity index is 454. The van der Waals surface area contributed by atoms with Crippen LogP contribution in [0.15, 0.2) is 0 Å². The summed E-state index contributed by atoms with van der Waals surface area (Å²) in [5, 5.41) is 8.96. The molecule has 1 atom stereocenters. The first-order valence-electron chi connectivity index (χ1n) is 5.78. The lowest BCUT2D eigenvalue weighted by Crippen LogP contribution is -2.46. The molecule has 0 aliphatic carbocycles. The lowest BCUT2D eigenvalue weighted by Gasteiger charge is -2.27. The summed E-state index contributed by atoms with van der Waals surface area (Å²) in [5.74, 6) is 0.625. The summed E-state index contributed by atoms with van der Waals surface area (Å²) >= 11 is 1.52. The lowest BCUT2D eigenvalue weighted by atomic mass is 10.1. The summed E-state index contributed by atoms with van der Waals surface area (Å²) in [4.78, 5) is 15.4. The molecule has 18 heavy (non-hydrogen) atoms. The smallest absolute Gasteiger partial charge is 0.321 e. The minimum Gasteiger partial charge on any atom is -0.480 e. The fourth-order valence-corrected chi connectivity index (χ4v) is 2.59. The first-order valence-corrected chi connectivity index (χ1v) is 6.76. The molecule has 0 saturated heterocycles. The van der Waals surface area contributed by atoms with Crippen LogP contribution in [-0.2, 0) is 17.6 Å². The van der Waals surface area contributed by atoms with Gasteiger partial charge in [0.1, 0.15) is 11.9 Å². The summed E-state index contributed by atoms with van der Waals surface area (Å²) in [6, 6.07) is -0.884. The Balaban J connectivity index is 2.76. The minimum absolute atomic E-state index is 0.528. The van der Waals surface area contributed by atoms with E-state index in [0.29, 0.717) is 5.75 Å². The highest BCUT2D eigenvalue weighted by molar-refractivity contribution is 7.99. The van der Waals surface area contributed by atoms with Crippen LogP contribution in [0.25, 0.3) is 0 Å². The van der Waals surface area contributed by atoms with E-state index in [-0.39, 0.29) is 0 Å². The molecular weight excluding hydrogens is 250 g/mol. The van der Waals surface area contributed by atoms with E-state index in [1.807, 2.05) is 39.3 Å². The molecule has 0 fully saturated rings. The van der Waals surface area contributed by atoms with Gasteiger partial charge in [-0.3, -0.25) is 4.79 Å². The van der Waals surface area contributed by atoms with Crippen LogP contribution < -0.4 is 5.73 Å². The predicted molar refractivity (Wildman–Crippen MR) is 73.7 cm³/mol. The fourth-order valence-electron chi connectivity index (χ4n) is 1.55. The average Bonchev–Trinajstić information content (AvgIpc) is 2.53. The zero-order valence-electron chi connectivity index (χ0n) is 11.5. The molecule has 102 valence electrons. The molecule has 0 radical (unpaired) electrons. The van der Waals surface area contributed by atoms with Crippen molar-refractivity contribution in [2.24, 2.45) is 12.8 Å². The average molecular weight is 271 g/mol. The standard InChI is InChI=1S/C12H21N3O2S/c1-7-8(2)15(5)9(14-7)6-18-12(3,4)10(13)11(16)17/h10H,6,13H2,1-5H3,(H,16,17). The van der Waals surface area contributed by atoms with Gasteiger partial charge in [0.2, 0.25) is 0 Å². The molecule has 0 aromatic carbocycles. The number of nitrogens with two attached hydrogens (primary N) is 1. The maximum Gasteiger partial charge on any atom is 0.321 e. The number of rotatable bonds is 5. The second kappa shape index (κ2) is 5.32. The Morgan fingerprint density at radius 3 is 2.50 bits per heavy atom. The number of aromatic nitrogens is 2. The van der Waals surface area contributed by atoms with Crippen molar-refractivity contribution in [1.29, 1.82) is 0 Å². The molecule has 0 aliphatic heterocycles. The zero-order valence-corrected chi connectivity index (χ0v) is 12.3. The van der Waals surface area contributed by atoms with Gasteiger partial charge in [-0.2, -0.15) is 0 Å². The Morgan fingerprint density at radius 2 is 2.11 bits per heavy atom. The largest absolute Gasteiger partial charge is 0.480 e. The maximum atomic E-state index is 10.9. The number of aliphatic carboxylic acids is 1. The Labute approximate surface area is 112 Å². The molecule has 0 bridgehead atoms. The number of carboxylic acids is 1. The maximum absolute atomic E-state index is 10.9. The van der Waals surface area contributed by atoms with Gasteiger partial charge in [-0.05, 0) is 27.7 Å². The fraction of sp³-hybridized carbons (Fsp3) is 0.667. The second-order valence-electron chi connectivity index (χ2n) is 4.97. The Kier molecular flexibility index (Phi) is 4.45.